The molecule has 0 aromatic rings. The van der Waals surface area contributed by atoms with Crippen LogP contribution in [0.5, 0.6) is 0 Å². The molecule has 1 N–H and O–H groups in total. The molecule has 0 spiro atoms. The maximum Gasteiger partial charge on any atom is 0.222 e. The van der Waals surface area contributed by atoms with Crippen LogP contribution in [0.15, 0.2) is 0 Å². The van der Waals surface area contributed by atoms with Crippen molar-refractivity contribution in [2.24, 2.45) is 0 Å². The number of hydrogen-bond donors (Lipinski definition) is 1. The van der Waals surface area contributed by atoms with Gasteiger partial charge in [-0.05, 0) is 32.4 Å². The van der Waals surface area contributed by atoms with Crippen LogP contribution < -0.4 is 0 Å². The van der Waals surface area contributed by atoms with Gasteiger partial charge in [0.05, 0.1) is 0 Å². The van der Waals surface area contributed by atoms with E-state index in [1.165, 1.54) is 25.9 Å². The van der Waals surface area contributed by atoms with Gasteiger partial charge in [0.2, 0.25) is 5.91 Å². The largest absolute Gasteiger partial charge is 0.396 e. The van der Waals surface area contributed by atoms with Crippen LogP contribution in [0, 0.1) is 0 Å². The van der Waals surface area contributed by atoms with Gasteiger partial charge in [0.25, 0.3) is 0 Å². The lowest BCUT2D eigenvalue weighted by Crippen LogP contribution is -2.35. The fraction of sp³-hybridized carbons (Fsp3) is 0.909. The van der Waals surface area contributed by atoms with Crippen LogP contribution >= 0.6 is 0 Å². The molecule has 0 aliphatic carbocycles. The first-order valence-corrected chi connectivity index (χ1v) is 5.81. The number of carbonyl (C=O) groups excluding carboxylic acids is 1. The van der Waals surface area contributed by atoms with Crippen LogP contribution in [0.2, 0.25) is 0 Å². The lowest BCUT2D eigenvalue weighted by molar-refractivity contribution is -0.130. The molecule has 0 bridgehead atoms. The molecular formula is C11H22N2O2. The lowest BCUT2D eigenvalue weighted by atomic mass is 10.3. The molecule has 0 saturated carbocycles. The average molecular weight is 214 g/mol. The smallest absolute Gasteiger partial charge is 0.222 e. The third-order valence-corrected chi connectivity index (χ3v) is 2.92. The Labute approximate surface area is 91.9 Å². The zero-order valence-corrected chi connectivity index (χ0v) is 9.61. The van der Waals surface area contributed by atoms with Gasteiger partial charge in [0.15, 0.2) is 0 Å². The van der Waals surface area contributed by atoms with Crippen LogP contribution in [0.25, 0.3) is 0 Å². The van der Waals surface area contributed by atoms with Crippen molar-refractivity contribution in [3.05, 3.63) is 0 Å². The molecule has 1 amide bonds. The number of aliphatic hydroxyl groups excluding tert-OH is 1. The minimum atomic E-state index is 0.103. The number of aliphatic hydroxyl groups is 1. The van der Waals surface area contributed by atoms with Gasteiger partial charge in [-0.15, -0.1) is 0 Å². The Kier molecular flexibility index (Phi) is 5.65. The molecule has 4 nitrogen and oxygen atoms in total. The number of likely N-dealkylation sites (tertiary alicyclic amines) is 1. The standard InChI is InChI=1S/C11H22N2O2/c1-12(11(15)5-4-10-14)8-9-13-6-2-3-7-13/h14H,2-10H2,1H3. The molecule has 1 fully saturated rings. The third kappa shape index (κ3) is 4.62. The molecule has 0 aromatic heterocycles. The quantitative estimate of drug-likeness (QED) is 0.692. The molecule has 15 heavy (non-hydrogen) atoms. The van der Waals surface area contributed by atoms with E-state index < -0.39 is 0 Å². The van der Waals surface area contributed by atoms with Crippen LogP contribution in [-0.4, -0.2) is 60.6 Å². The normalized spacial score (nSPS) is 16.9. The first-order valence-electron chi connectivity index (χ1n) is 5.81. The van der Waals surface area contributed by atoms with Gasteiger partial charge in [0, 0.05) is 33.2 Å². The fourth-order valence-electron chi connectivity index (χ4n) is 1.84. The summed E-state index contributed by atoms with van der Waals surface area (Å²) in [5.41, 5.74) is 0. The predicted octanol–water partition coefficient (Wildman–Crippen LogP) is 0.313. The van der Waals surface area contributed by atoms with Crippen molar-refractivity contribution in [1.29, 1.82) is 0 Å². The topological polar surface area (TPSA) is 43.8 Å². The zero-order valence-electron chi connectivity index (χ0n) is 9.61. The van der Waals surface area contributed by atoms with E-state index in [-0.39, 0.29) is 12.5 Å². The number of hydrogen-bond acceptors (Lipinski definition) is 3. The number of amides is 1. The second kappa shape index (κ2) is 6.80. The van der Waals surface area contributed by atoms with Gasteiger partial charge in [-0.1, -0.05) is 0 Å². The van der Waals surface area contributed by atoms with E-state index in [9.17, 15) is 4.79 Å². The van der Waals surface area contributed by atoms with Crippen molar-refractivity contribution >= 4 is 5.91 Å². The highest BCUT2D eigenvalue weighted by atomic mass is 16.3. The van der Waals surface area contributed by atoms with E-state index in [0.29, 0.717) is 12.8 Å². The summed E-state index contributed by atoms with van der Waals surface area (Å²) in [6, 6.07) is 0. The molecule has 1 rings (SSSR count). The van der Waals surface area contributed by atoms with E-state index in [4.69, 9.17) is 5.11 Å². The first-order chi connectivity index (χ1) is 7.24. The molecule has 0 aromatic carbocycles. The second-order valence-electron chi connectivity index (χ2n) is 4.19. The van der Waals surface area contributed by atoms with Crippen LogP contribution in [0.3, 0.4) is 0 Å². The summed E-state index contributed by atoms with van der Waals surface area (Å²) in [6.07, 6.45) is 3.63. The van der Waals surface area contributed by atoms with Crippen molar-refractivity contribution in [3.63, 3.8) is 0 Å². The molecule has 1 saturated heterocycles. The summed E-state index contributed by atoms with van der Waals surface area (Å²) in [5, 5.41) is 8.62. The third-order valence-electron chi connectivity index (χ3n) is 2.92. The number of carbonyl (C=O) groups is 1. The van der Waals surface area contributed by atoms with Crippen molar-refractivity contribution < 1.29 is 9.90 Å². The van der Waals surface area contributed by atoms with Gasteiger partial charge in [-0.25, -0.2) is 0 Å². The van der Waals surface area contributed by atoms with Gasteiger partial charge < -0.3 is 14.9 Å². The Morgan fingerprint density at radius 2 is 2.07 bits per heavy atom. The number of nitrogens with zero attached hydrogens (tertiary/aromatic N) is 2. The Balaban J connectivity index is 2.10. The monoisotopic (exact) mass is 214 g/mol. The van der Waals surface area contributed by atoms with Crippen LogP contribution in [0.4, 0.5) is 0 Å². The zero-order chi connectivity index (χ0) is 11.1. The molecule has 0 radical (unpaired) electrons. The minimum Gasteiger partial charge on any atom is -0.396 e. The van der Waals surface area contributed by atoms with E-state index in [1.54, 1.807) is 4.90 Å². The highest BCUT2D eigenvalue weighted by Crippen LogP contribution is 2.06. The summed E-state index contributed by atoms with van der Waals surface area (Å²) in [7, 11) is 1.84. The Morgan fingerprint density at radius 1 is 1.40 bits per heavy atom. The van der Waals surface area contributed by atoms with Gasteiger partial charge in [0.1, 0.15) is 0 Å². The first kappa shape index (κ1) is 12.5. The van der Waals surface area contributed by atoms with E-state index in [2.05, 4.69) is 4.90 Å². The average Bonchev–Trinajstić information content (AvgIpc) is 2.75. The molecule has 4 heteroatoms. The lowest BCUT2D eigenvalue weighted by Gasteiger charge is -2.21. The molecule has 0 unspecified atom stereocenters. The number of likely N-dealkylation sites (N-methyl/N-ethyl adjacent to an activating group) is 1. The molecule has 1 aliphatic heterocycles. The molecule has 88 valence electrons. The summed E-state index contributed by atoms with van der Waals surface area (Å²) in [5.74, 6) is 0.142. The van der Waals surface area contributed by atoms with E-state index in [0.717, 1.165) is 13.1 Å². The van der Waals surface area contributed by atoms with Gasteiger partial charge in [-0.3, -0.25) is 4.79 Å². The highest BCUT2D eigenvalue weighted by Gasteiger charge is 2.13. The van der Waals surface area contributed by atoms with Crippen molar-refractivity contribution in [3.8, 4) is 0 Å². The summed E-state index contributed by atoms with van der Waals surface area (Å²) in [6.45, 7) is 4.26. The summed E-state index contributed by atoms with van der Waals surface area (Å²) >= 11 is 0. The van der Waals surface area contributed by atoms with Crippen LogP contribution in [0.1, 0.15) is 25.7 Å². The Morgan fingerprint density at radius 3 is 2.67 bits per heavy atom. The fourth-order valence-corrected chi connectivity index (χ4v) is 1.84. The van der Waals surface area contributed by atoms with E-state index >= 15 is 0 Å². The second-order valence-corrected chi connectivity index (χ2v) is 4.19. The summed E-state index contributed by atoms with van der Waals surface area (Å²) < 4.78 is 0. The van der Waals surface area contributed by atoms with Crippen molar-refractivity contribution in [2.75, 3.05) is 39.8 Å². The molecular weight excluding hydrogens is 192 g/mol. The van der Waals surface area contributed by atoms with E-state index in [1.807, 2.05) is 7.05 Å². The maximum atomic E-state index is 11.5. The molecule has 0 atom stereocenters. The molecule has 1 heterocycles. The van der Waals surface area contributed by atoms with Crippen molar-refractivity contribution in [2.45, 2.75) is 25.7 Å². The van der Waals surface area contributed by atoms with Crippen molar-refractivity contribution in [1.82, 2.24) is 9.80 Å². The Hall–Kier alpha value is -0.610. The van der Waals surface area contributed by atoms with Gasteiger partial charge in [-0.2, -0.15) is 0 Å². The predicted molar refractivity (Wildman–Crippen MR) is 59.6 cm³/mol. The van der Waals surface area contributed by atoms with Crippen LogP contribution in [-0.2, 0) is 4.79 Å². The Bertz CT molecular complexity index is 191. The summed E-state index contributed by atoms with van der Waals surface area (Å²) in [4.78, 5) is 15.7. The SMILES string of the molecule is CN(CCN1CCCC1)C(=O)CCCO. The highest BCUT2D eigenvalue weighted by molar-refractivity contribution is 5.75. The minimum absolute atomic E-state index is 0.103. The number of rotatable bonds is 6. The molecule has 1 aliphatic rings. The van der Waals surface area contributed by atoms with Gasteiger partial charge >= 0.3 is 0 Å². The maximum absolute atomic E-state index is 11.5.